The highest BCUT2D eigenvalue weighted by atomic mass is 35.5. The van der Waals surface area contributed by atoms with Gasteiger partial charge in [0.15, 0.2) is 0 Å². The molecule has 2 N–H and O–H groups in total. The van der Waals surface area contributed by atoms with Crippen LogP contribution in [0.25, 0.3) is 0 Å². The average Bonchev–Trinajstić information content (AvgIpc) is 2.62. The SMILES string of the molecule is O=C(Nc1cnc(C2CNCCO2)c(Cl)c1)C1C=CN=C(C(F)(F)F)C1. The first-order valence-electron chi connectivity index (χ1n) is 7.94. The molecule has 1 saturated heterocycles. The summed E-state index contributed by atoms with van der Waals surface area (Å²) in [6.45, 7) is 1.86. The number of anilines is 1. The Morgan fingerprint density at radius 2 is 2.23 bits per heavy atom. The molecule has 2 aliphatic heterocycles. The van der Waals surface area contributed by atoms with Crippen molar-refractivity contribution in [3.8, 4) is 0 Å². The molecule has 10 heteroatoms. The first-order valence-corrected chi connectivity index (χ1v) is 8.31. The lowest BCUT2D eigenvalue weighted by Crippen LogP contribution is -2.34. The van der Waals surface area contributed by atoms with Crippen molar-refractivity contribution >= 4 is 28.9 Å². The van der Waals surface area contributed by atoms with Gasteiger partial charge in [0.25, 0.3) is 0 Å². The number of aromatic nitrogens is 1. The number of ether oxygens (including phenoxy) is 1. The van der Waals surface area contributed by atoms with Crippen LogP contribution in [0.2, 0.25) is 5.02 Å². The summed E-state index contributed by atoms with van der Waals surface area (Å²) in [5, 5.41) is 6.01. The monoisotopic (exact) mass is 388 g/mol. The molecule has 0 bridgehead atoms. The van der Waals surface area contributed by atoms with Gasteiger partial charge in [0.2, 0.25) is 5.91 Å². The van der Waals surface area contributed by atoms with Gasteiger partial charge in [-0.3, -0.25) is 14.8 Å². The first kappa shape index (κ1) is 18.8. The second-order valence-electron chi connectivity index (χ2n) is 5.87. The normalized spacial score (nSPS) is 23.5. The van der Waals surface area contributed by atoms with Gasteiger partial charge < -0.3 is 15.4 Å². The van der Waals surface area contributed by atoms with E-state index < -0.39 is 30.1 Å². The van der Waals surface area contributed by atoms with E-state index in [0.29, 0.717) is 29.6 Å². The van der Waals surface area contributed by atoms with Gasteiger partial charge in [-0.05, 0) is 6.07 Å². The number of morpholine rings is 1. The second-order valence-corrected chi connectivity index (χ2v) is 6.28. The van der Waals surface area contributed by atoms with Crippen molar-refractivity contribution in [2.75, 3.05) is 25.0 Å². The van der Waals surface area contributed by atoms with E-state index in [-0.39, 0.29) is 6.10 Å². The molecule has 140 valence electrons. The van der Waals surface area contributed by atoms with Crippen LogP contribution >= 0.6 is 11.6 Å². The summed E-state index contributed by atoms with van der Waals surface area (Å²) in [5.74, 6) is -1.55. The van der Waals surface area contributed by atoms with Crippen LogP contribution in [0.3, 0.4) is 0 Å². The van der Waals surface area contributed by atoms with Crippen LogP contribution in [0.15, 0.2) is 29.5 Å². The number of carbonyl (C=O) groups excluding carboxylic acids is 1. The molecule has 2 unspecified atom stereocenters. The maximum atomic E-state index is 12.7. The molecule has 3 rings (SSSR count). The van der Waals surface area contributed by atoms with E-state index in [1.807, 2.05) is 0 Å². The van der Waals surface area contributed by atoms with E-state index in [0.717, 1.165) is 12.7 Å². The minimum absolute atomic E-state index is 0.284. The minimum atomic E-state index is -4.55. The Balaban J connectivity index is 1.65. The summed E-state index contributed by atoms with van der Waals surface area (Å²) in [7, 11) is 0. The number of halogens is 4. The van der Waals surface area contributed by atoms with Gasteiger partial charge >= 0.3 is 6.18 Å². The molecule has 1 aromatic rings. The molecule has 0 aromatic carbocycles. The zero-order chi connectivity index (χ0) is 18.7. The highest BCUT2D eigenvalue weighted by Crippen LogP contribution is 2.29. The van der Waals surface area contributed by atoms with E-state index in [1.165, 1.54) is 18.3 Å². The summed E-state index contributed by atoms with van der Waals surface area (Å²) < 4.78 is 43.8. The summed E-state index contributed by atoms with van der Waals surface area (Å²) >= 11 is 6.21. The molecule has 0 aliphatic carbocycles. The number of hydrogen-bond acceptors (Lipinski definition) is 5. The lowest BCUT2D eigenvalue weighted by molar-refractivity contribution is -0.118. The summed E-state index contributed by atoms with van der Waals surface area (Å²) in [4.78, 5) is 19.8. The summed E-state index contributed by atoms with van der Waals surface area (Å²) in [6, 6.07) is 1.51. The fourth-order valence-corrected chi connectivity index (χ4v) is 2.95. The molecule has 1 fully saturated rings. The standard InChI is InChI=1S/C16H16ClF3N4O2/c17-11-6-10(7-23-14(11)12-8-21-3-4-26-12)24-15(25)9-1-2-22-13(5-9)16(18,19)20/h1-2,6-7,9,12,21H,3-5,8H2,(H,24,25). The Bertz CT molecular complexity index is 746. The molecule has 1 amide bonds. The number of carbonyl (C=O) groups is 1. The van der Waals surface area contributed by atoms with Crippen LogP contribution in [0.4, 0.5) is 18.9 Å². The number of hydrogen-bond donors (Lipinski definition) is 2. The number of alkyl halides is 3. The molecule has 0 radical (unpaired) electrons. The Hall–Kier alpha value is -1.97. The van der Waals surface area contributed by atoms with Gasteiger partial charge in [0.1, 0.15) is 11.8 Å². The lowest BCUT2D eigenvalue weighted by atomic mass is 9.98. The zero-order valence-electron chi connectivity index (χ0n) is 13.5. The Kier molecular flexibility index (Phi) is 5.59. The molecule has 2 atom stereocenters. The average molecular weight is 389 g/mol. The van der Waals surface area contributed by atoms with Crippen molar-refractivity contribution in [2.24, 2.45) is 10.9 Å². The first-order chi connectivity index (χ1) is 12.3. The molecule has 2 aliphatic rings. The minimum Gasteiger partial charge on any atom is -0.369 e. The Labute approximate surface area is 152 Å². The van der Waals surface area contributed by atoms with Gasteiger partial charge in [-0.2, -0.15) is 13.2 Å². The molecule has 0 spiro atoms. The summed E-state index contributed by atoms with van der Waals surface area (Å²) in [6.07, 6.45) is -1.61. The highest BCUT2D eigenvalue weighted by molar-refractivity contribution is 6.31. The second kappa shape index (κ2) is 7.73. The number of pyridine rings is 1. The molecule has 1 aromatic heterocycles. The van der Waals surface area contributed by atoms with Crippen LogP contribution in [0, 0.1) is 5.92 Å². The predicted octanol–water partition coefficient (Wildman–Crippen LogP) is 2.87. The van der Waals surface area contributed by atoms with Crippen molar-refractivity contribution in [2.45, 2.75) is 18.7 Å². The molecule has 26 heavy (non-hydrogen) atoms. The van der Waals surface area contributed by atoms with Crippen molar-refractivity contribution in [3.05, 3.63) is 35.3 Å². The van der Waals surface area contributed by atoms with Crippen molar-refractivity contribution < 1.29 is 22.7 Å². The molecule has 3 heterocycles. The highest BCUT2D eigenvalue weighted by Gasteiger charge is 2.38. The van der Waals surface area contributed by atoms with Crippen molar-refractivity contribution in [1.82, 2.24) is 10.3 Å². The molecule has 0 saturated carbocycles. The fourth-order valence-electron chi connectivity index (χ4n) is 2.66. The van der Waals surface area contributed by atoms with Gasteiger partial charge in [-0.25, -0.2) is 0 Å². The van der Waals surface area contributed by atoms with Gasteiger partial charge in [0.05, 0.1) is 35.1 Å². The quantitative estimate of drug-likeness (QED) is 0.835. The third-order valence-corrected chi connectivity index (χ3v) is 4.30. The third-order valence-electron chi connectivity index (χ3n) is 4.00. The lowest BCUT2D eigenvalue weighted by Gasteiger charge is -2.24. The number of amides is 1. The van der Waals surface area contributed by atoms with Gasteiger partial charge in [-0.1, -0.05) is 17.7 Å². The van der Waals surface area contributed by atoms with Crippen molar-refractivity contribution in [1.29, 1.82) is 0 Å². The maximum Gasteiger partial charge on any atom is 0.429 e. The van der Waals surface area contributed by atoms with Crippen LogP contribution in [0.5, 0.6) is 0 Å². The van der Waals surface area contributed by atoms with Crippen LogP contribution in [0.1, 0.15) is 18.2 Å². The number of aliphatic imine (C=N–C) groups is 1. The fraction of sp³-hybridized carbons (Fsp3) is 0.438. The predicted molar refractivity (Wildman–Crippen MR) is 90.2 cm³/mol. The molecule has 6 nitrogen and oxygen atoms in total. The van der Waals surface area contributed by atoms with Crippen LogP contribution < -0.4 is 10.6 Å². The number of nitrogens with one attached hydrogen (secondary N) is 2. The number of nitrogens with zero attached hydrogens (tertiary/aromatic N) is 2. The number of rotatable bonds is 3. The van der Waals surface area contributed by atoms with Crippen LogP contribution in [-0.4, -0.2) is 42.5 Å². The molecular weight excluding hydrogens is 373 g/mol. The van der Waals surface area contributed by atoms with E-state index >= 15 is 0 Å². The van der Waals surface area contributed by atoms with E-state index in [1.54, 1.807) is 0 Å². The Morgan fingerprint density at radius 3 is 2.88 bits per heavy atom. The third kappa shape index (κ3) is 4.40. The van der Waals surface area contributed by atoms with Gasteiger partial charge in [-0.15, -0.1) is 0 Å². The van der Waals surface area contributed by atoms with Gasteiger partial charge in [0, 0.05) is 25.7 Å². The van der Waals surface area contributed by atoms with Crippen molar-refractivity contribution in [3.63, 3.8) is 0 Å². The van der Waals surface area contributed by atoms with E-state index in [2.05, 4.69) is 20.6 Å². The largest absolute Gasteiger partial charge is 0.429 e. The smallest absolute Gasteiger partial charge is 0.369 e. The van der Waals surface area contributed by atoms with Crippen LogP contribution in [-0.2, 0) is 9.53 Å². The van der Waals surface area contributed by atoms with E-state index in [4.69, 9.17) is 16.3 Å². The Morgan fingerprint density at radius 1 is 1.42 bits per heavy atom. The molecular formula is C16H16ClF3N4O2. The summed E-state index contributed by atoms with van der Waals surface area (Å²) in [5.41, 5.74) is -0.133. The zero-order valence-corrected chi connectivity index (χ0v) is 14.3. The topological polar surface area (TPSA) is 75.6 Å². The van der Waals surface area contributed by atoms with E-state index in [9.17, 15) is 18.0 Å². The maximum absolute atomic E-state index is 12.7.